The van der Waals surface area contributed by atoms with Crippen LogP contribution in [0.5, 0.6) is 0 Å². The number of aldehydes is 1. The molecule has 0 unspecified atom stereocenters. The van der Waals surface area contributed by atoms with Crippen LogP contribution >= 0.6 is 0 Å². The highest BCUT2D eigenvalue weighted by Gasteiger charge is 2.24. The van der Waals surface area contributed by atoms with E-state index in [9.17, 15) is 9.59 Å². The number of benzene rings is 1. The first-order valence-corrected chi connectivity index (χ1v) is 5.97. The lowest BCUT2D eigenvalue weighted by molar-refractivity contribution is -0.146. The number of esters is 1. The zero-order valence-electron chi connectivity index (χ0n) is 10.5. The van der Waals surface area contributed by atoms with E-state index >= 15 is 0 Å². The number of aromatic nitrogens is 2. The van der Waals surface area contributed by atoms with Crippen molar-refractivity contribution in [1.29, 1.82) is 0 Å². The summed E-state index contributed by atoms with van der Waals surface area (Å²) in [6.45, 7) is 2.05. The summed E-state index contributed by atoms with van der Waals surface area (Å²) in [5, 5.41) is 4.05. The molecular weight excluding hydrogens is 244 g/mol. The van der Waals surface area contributed by atoms with Gasteiger partial charge in [-0.3, -0.25) is 9.48 Å². The summed E-state index contributed by atoms with van der Waals surface area (Å²) in [5.41, 5.74) is 1.19. The molecule has 0 radical (unpaired) electrons. The van der Waals surface area contributed by atoms with E-state index in [0.717, 1.165) is 5.56 Å². The van der Waals surface area contributed by atoms with E-state index in [-0.39, 0.29) is 0 Å². The Hall–Kier alpha value is -2.43. The minimum Gasteiger partial charge on any atom is -0.464 e. The molecule has 1 aromatic heterocycles. The molecule has 0 N–H and O–H groups in total. The van der Waals surface area contributed by atoms with Gasteiger partial charge in [0.1, 0.15) is 0 Å². The van der Waals surface area contributed by atoms with Crippen molar-refractivity contribution in [3.05, 3.63) is 53.9 Å². The van der Waals surface area contributed by atoms with Gasteiger partial charge < -0.3 is 4.74 Å². The van der Waals surface area contributed by atoms with E-state index in [1.807, 2.05) is 30.3 Å². The third kappa shape index (κ3) is 2.88. The molecular formula is C14H14N2O3. The predicted molar refractivity (Wildman–Crippen MR) is 68.8 cm³/mol. The molecule has 0 aliphatic carbocycles. The number of hydrogen-bond donors (Lipinski definition) is 0. The van der Waals surface area contributed by atoms with Gasteiger partial charge in [-0.2, -0.15) is 5.10 Å². The Bertz CT molecular complexity index is 563. The molecule has 0 aliphatic rings. The maximum atomic E-state index is 12.1. The molecule has 0 aliphatic heterocycles. The van der Waals surface area contributed by atoms with Crippen LogP contribution in [0.25, 0.3) is 0 Å². The van der Waals surface area contributed by atoms with Crippen LogP contribution in [-0.4, -0.2) is 28.6 Å². The Labute approximate surface area is 110 Å². The van der Waals surface area contributed by atoms with Gasteiger partial charge in [0.05, 0.1) is 18.4 Å². The average Bonchev–Trinajstić information content (AvgIpc) is 2.89. The average molecular weight is 258 g/mol. The lowest BCUT2D eigenvalue weighted by Crippen LogP contribution is -2.23. The summed E-state index contributed by atoms with van der Waals surface area (Å²) in [7, 11) is 0. The van der Waals surface area contributed by atoms with Crippen LogP contribution in [0.4, 0.5) is 0 Å². The Balaban J connectivity index is 2.39. The van der Waals surface area contributed by atoms with Crippen LogP contribution < -0.4 is 0 Å². The van der Waals surface area contributed by atoms with Crippen molar-refractivity contribution in [3.63, 3.8) is 0 Å². The van der Waals surface area contributed by atoms with Gasteiger partial charge in [0.15, 0.2) is 12.3 Å². The second-order valence-electron chi connectivity index (χ2n) is 3.94. The number of carbonyl (C=O) groups excluding carboxylic acids is 2. The molecule has 2 aromatic rings. The molecule has 1 heterocycles. The van der Waals surface area contributed by atoms with Gasteiger partial charge in [0.2, 0.25) is 0 Å². The van der Waals surface area contributed by atoms with Gasteiger partial charge in [0, 0.05) is 6.20 Å². The van der Waals surface area contributed by atoms with Gasteiger partial charge >= 0.3 is 5.97 Å². The molecule has 0 saturated carbocycles. The zero-order valence-corrected chi connectivity index (χ0v) is 10.5. The molecule has 1 aromatic carbocycles. The van der Waals surface area contributed by atoms with Crippen LogP contribution in [0.15, 0.2) is 42.7 Å². The zero-order chi connectivity index (χ0) is 13.7. The molecule has 0 amide bonds. The molecule has 0 fully saturated rings. The van der Waals surface area contributed by atoms with Crippen LogP contribution in [0, 0.1) is 0 Å². The first-order chi connectivity index (χ1) is 9.26. The fourth-order valence-corrected chi connectivity index (χ4v) is 1.81. The normalized spacial score (nSPS) is 11.8. The van der Waals surface area contributed by atoms with Crippen molar-refractivity contribution < 1.29 is 14.3 Å². The fraction of sp³-hybridized carbons (Fsp3) is 0.214. The summed E-state index contributed by atoms with van der Waals surface area (Å²) in [4.78, 5) is 22.8. The molecule has 5 heteroatoms. The first-order valence-electron chi connectivity index (χ1n) is 5.97. The van der Waals surface area contributed by atoms with Gasteiger partial charge in [-0.25, -0.2) is 4.79 Å². The lowest BCUT2D eigenvalue weighted by Gasteiger charge is -2.16. The third-order valence-corrected chi connectivity index (χ3v) is 2.65. The van der Waals surface area contributed by atoms with E-state index in [1.165, 1.54) is 17.1 Å². The Morgan fingerprint density at radius 2 is 2.16 bits per heavy atom. The summed E-state index contributed by atoms with van der Waals surface area (Å²) in [6, 6.07) is 8.52. The van der Waals surface area contributed by atoms with Gasteiger partial charge in [-0.05, 0) is 12.5 Å². The molecule has 0 spiro atoms. The van der Waals surface area contributed by atoms with Crippen LogP contribution in [-0.2, 0) is 9.53 Å². The van der Waals surface area contributed by atoms with Crippen molar-refractivity contribution in [1.82, 2.24) is 9.78 Å². The summed E-state index contributed by atoms with van der Waals surface area (Å²) < 4.78 is 6.51. The topological polar surface area (TPSA) is 61.2 Å². The Morgan fingerprint density at radius 3 is 2.74 bits per heavy atom. The molecule has 2 rings (SSSR count). The molecule has 1 atom stereocenters. The van der Waals surface area contributed by atoms with E-state index in [1.54, 1.807) is 6.92 Å². The highest BCUT2D eigenvalue weighted by Crippen LogP contribution is 2.19. The number of ether oxygens (including phenoxy) is 1. The van der Waals surface area contributed by atoms with E-state index < -0.39 is 12.0 Å². The Morgan fingerprint density at radius 1 is 1.42 bits per heavy atom. The molecule has 98 valence electrons. The van der Waals surface area contributed by atoms with Crippen molar-refractivity contribution in [3.8, 4) is 0 Å². The monoisotopic (exact) mass is 258 g/mol. The second-order valence-corrected chi connectivity index (χ2v) is 3.94. The van der Waals surface area contributed by atoms with Gasteiger partial charge in [0.25, 0.3) is 0 Å². The van der Waals surface area contributed by atoms with E-state index in [2.05, 4.69) is 5.10 Å². The summed E-state index contributed by atoms with van der Waals surface area (Å²) >= 11 is 0. The summed E-state index contributed by atoms with van der Waals surface area (Å²) in [5.74, 6) is -0.394. The minimum absolute atomic E-state index is 0.296. The number of nitrogens with zero attached hydrogens (tertiary/aromatic N) is 2. The van der Waals surface area contributed by atoms with Crippen molar-refractivity contribution in [2.45, 2.75) is 13.0 Å². The van der Waals surface area contributed by atoms with Crippen LogP contribution in [0.3, 0.4) is 0 Å². The number of carbonyl (C=O) groups is 2. The smallest absolute Gasteiger partial charge is 0.335 e. The SMILES string of the molecule is CCOC(=O)[C@@H](c1ccccc1)n1cc(C=O)cn1. The third-order valence-electron chi connectivity index (χ3n) is 2.65. The maximum absolute atomic E-state index is 12.1. The molecule has 19 heavy (non-hydrogen) atoms. The second kappa shape index (κ2) is 5.95. The van der Waals surface area contributed by atoms with Crippen LogP contribution in [0.2, 0.25) is 0 Å². The predicted octanol–water partition coefficient (Wildman–Crippen LogP) is 1.85. The number of hydrogen-bond acceptors (Lipinski definition) is 4. The van der Waals surface area contributed by atoms with E-state index in [0.29, 0.717) is 18.5 Å². The first kappa shape index (κ1) is 13.0. The van der Waals surface area contributed by atoms with Crippen LogP contribution in [0.1, 0.15) is 28.9 Å². The maximum Gasteiger partial charge on any atom is 0.335 e. The van der Waals surface area contributed by atoms with Gasteiger partial charge in [-0.15, -0.1) is 0 Å². The number of rotatable bonds is 5. The molecule has 5 nitrogen and oxygen atoms in total. The highest BCUT2D eigenvalue weighted by molar-refractivity contribution is 5.79. The van der Waals surface area contributed by atoms with Crippen molar-refractivity contribution in [2.24, 2.45) is 0 Å². The largest absolute Gasteiger partial charge is 0.464 e. The standard InChI is InChI=1S/C14H14N2O3/c1-2-19-14(18)13(12-6-4-3-5-7-12)16-9-11(10-17)8-15-16/h3-10,13H,2H2,1H3/t13-/m1/s1. The lowest BCUT2D eigenvalue weighted by atomic mass is 10.1. The molecule has 0 saturated heterocycles. The quantitative estimate of drug-likeness (QED) is 0.606. The fourth-order valence-electron chi connectivity index (χ4n) is 1.81. The minimum atomic E-state index is -0.671. The molecule has 0 bridgehead atoms. The van der Waals surface area contributed by atoms with Gasteiger partial charge in [-0.1, -0.05) is 30.3 Å². The highest BCUT2D eigenvalue weighted by atomic mass is 16.5. The van der Waals surface area contributed by atoms with Crippen molar-refractivity contribution in [2.75, 3.05) is 6.61 Å². The Kier molecular flexibility index (Phi) is 4.07. The van der Waals surface area contributed by atoms with E-state index in [4.69, 9.17) is 4.74 Å². The van der Waals surface area contributed by atoms with Crippen molar-refractivity contribution >= 4 is 12.3 Å². The summed E-state index contributed by atoms with van der Waals surface area (Å²) in [6.07, 6.45) is 3.64.